The highest BCUT2D eigenvalue weighted by atomic mass is 79.9. The minimum Gasteiger partial charge on any atom is -0.478 e. The van der Waals surface area contributed by atoms with Crippen molar-refractivity contribution in [2.24, 2.45) is 0 Å². The van der Waals surface area contributed by atoms with E-state index < -0.39 is 159 Å². The van der Waals surface area contributed by atoms with E-state index in [2.05, 4.69) is 66.8 Å². The molecule has 0 saturated carbocycles. The summed E-state index contributed by atoms with van der Waals surface area (Å²) >= 11 is 2.96. The molecular formula is C96H87BrF23N17O12. The molecule has 10 heterocycles. The Hall–Kier alpha value is -15.3. The Balaban J connectivity index is 0.000000163. The fraction of sp³-hybridized carbons (Fsp3) is 0.333. The van der Waals surface area contributed by atoms with Gasteiger partial charge in [0.2, 0.25) is 0 Å². The number of nitrogens with one attached hydrogen (secondary N) is 3. The van der Waals surface area contributed by atoms with Crippen molar-refractivity contribution >= 4 is 86.7 Å². The van der Waals surface area contributed by atoms with Crippen molar-refractivity contribution in [2.75, 3.05) is 79.0 Å². The normalized spacial score (nSPS) is 13.9. The van der Waals surface area contributed by atoms with Crippen LogP contribution in [0, 0.1) is 56.8 Å². The summed E-state index contributed by atoms with van der Waals surface area (Å²) in [5, 5.41) is 47.5. The average molecular weight is 2190 g/mol. The molecule has 149 heavy (non-hydrogen) atoms. The fourth-order valence-corrected chi connectivity index (χ4v) is 17.2. The molecule has 5 aromatic heterocycles. The lowest BCUT2D eigenvalue weighted by Crippen LogP contribution is -2.29. The number of amides is 2. The molecular weight excluding hydrogens is 2100 g/mol. The van der Waals surface area contributed by atoms with Crippen molar-refractivity contribution in [1.29, 1.82) is 0 Å². The van der Waals surface area contributed by atoms with Gasteiger partial charge >= 0.3 is 66.9 Å². The molecule has 0 spiro atoms. The maximum Gasteiger partial charge on any atom is 0.436 e. The van der Waals surface area contributed by atoms with E-state index in [1.165, 1.54) is 31.0 Å². The Labute approximate surface area is 838 Å². The summed E-state index contributed by atoms with van der Waals surface area (Å²) in [6.07, 6.45) is -27.8. The lowest BCUT2D eigenvalue weighted by Gasteiger charge is -2.21. The number of carbonyl (C=O) groups is 7. The number of carboxylic acids is 2. The number of aromatic nitrogens is 10. The number of carboxylic acid groups (broad SMARTS) is 2. The Morgan fingerprint density at radius 3 is 0.926 bits per heavy atom. The first kappa shape index (κ1) is 112. The molecule has 796 valence electrons. The largest absolute Gasteiger partial charge is 0.478 e. The molecule has 12 aromatic rings. The molecule has 2 atom stereocenters. The summed E-state index contributed by atoms with van der Waals surface area (Å²) in [7, 11) is 3.56. The maximum absolute atomic E-state index is 13.9. The number of benzene rings is 7. The zero-order valence-corrected chi connectivity index (χ0v) is 80.9. The summed E-state index contributed by atoms with van der Waals surface area (Å²) in [5.41, 5.74) is -1.59. The Kier molecular flexibility index (Phi) is 34.1. The first-order valence-corrected chi connectivity index (χ1v) is 45.4. The molecule has 0 saturated heterocycles. The summed E-state index contributed by atoms with van der Waals surface area (Å²) in [4.78, 5) is 90.5. The number of hydrogen-bond acceptors (Lipinski definition) is 20. The number of nitrogens with zero attached hydrogens (tertiary/aromatic N) is 14. The number of carbonyl (C=O) groups excluding carboxylic acids is 5. The highest BCUT2D eigenvalue weighted by Crippen LogP contribution is 2.43. The molecule has 29 nitrogen and oxygen atoms in total. The van der Waals surface area contributed by atoms with Crippen LogP contribution in [-0.4, -0.2) is 155 Å². The minimum atomic E-state index is -4.68. The molecule has 7 aromatic carbocycles. The molecule has 5 aliphatic heterocycles. The fourth-order valence-electron chi connectivity index (χ4n) is 16.8. The van der Waals surface area contributed by atoms with Gasteiger partial charge in [0.05, 0.1) is 128 Å². The number of fused-ring (bicyclic) bond motifs is 5. The van der Waals surface area contributed by atoms with Gasteiger partial charge in [0, 0.05) is 64.2 Å². The van der Waals surface area contributed by atoms with Crippen LogP contribution in [0.5, 0.6) is 0 Å². The van der Waals surface area contributed by atoms with Gasteiger partial charge in [-0.15, -0.1) is 0 Å². The second kappa shape index (κ2) is 45.2. The van der Waals surface area contributed by atoms with Crippen LogP contribution >= 0.6 is 15.9 Å². The van der Waals surface area contributed by atoms with Crippen molar-refractivity contribution in [3.05, 3.63) is 303 Å². The van der Waals surface area contributed by atoms with Gasteiger partial charge in [-0.2, -0.15) is 105 Å². The van der Waals surface area contributed by atoms with E-state index in [0.29, 0.717) is 159 Å². The summed E-state index contributed by atoms with van der Waals surface area (Å²) in [6.45, 7) is 14.2. The number of methoxy groups -OCH3 is 3. The Morgan fingerprint density at radius 1 is 0.349 bits per heavy atom. The van der Waals surface area contributed by atoms with Crippen LogP contribution in [0.3, 0.4) is 0 Å². The summed E-state index contributed by atoms with van der Waals surface area (Å²) in [5.74, 6) is -8.10. The molecule has 0 fully saturated rings. The monoisotopic (exact) mass is 2190 g/mol. The van der Waals surface area contributed by atoms with Gasteiger partial charge in [0.1, 0.15) is 86.0 Å². The van der Waals surface area contributed by atoms with E-state index in [0.717, 1.165) is 78.0 Å². The van der Waals surface area contributed by atoms with Crippen LogP contribution in [0.2, 0.25) is 0 Å². The van der Waals surface area contributed by atoms with Gasteiger partial charge in [-0.3, -0.25) is 9.59 Å². The lowest BCUT2D eigenvalue weighted by atomic mass is 10.1. The van der Waals surface area contributed by atoms with Gasteiger partial charge in [0.25, 0.3) is 11.8 Å². The summed E-state index contributed by atoms with van der Waals surface area (Å²) in [6, 6.07) is 23.9. The molecule has 0 aliphatic carbocycles. The van der Waals surface area contributed by atoms with Crippen molar-refractivity contribution in [1.82, 2.24) is 59.5 Å². The van der Waals surface area contributed by atoms with E-state index in [4.69, 9.17) is 9.84 Å². The second-order valence-electron chi connectivity index (χ2n) is 34.0. The van der Waals surface area contributed by atoms with Gasteiger partial charge in [-0.05, 0) is 196 Å². The van der Waals surface area contributed by atoms with Gasteiger partial charge in [-0.25, -0.2) is 69.3 Å². The van der Waals surface area contributed by atoms with Crippen molar-refractivity contribution in [3.8, 4) is 0 Å². The van der Waals surface area contributed by atoms with Crippen LogP contribution in [-0.2, 0) is 116 Å². The average Bonchev–Trinajstić information content (AvgIpc) is 1.63. The number of anilines is 5. The van der Waals surface area contributed by atoms with E-state index in [9.17, 15) is 140 Å². The number of halogens is 24. The molecule has 2 amide bonds. The Morgan fingerprint density at radius 2 is 0.631 bits per heavy atom. The third-order valence-electron chi connectivity index (χ3n) is 23.5. The van der Waals surface area contributed by atoms with Crippen molar-refractivity contribution < 1.29 is 159 Å². The van der Waals surface area contributed by atoms with E-state index in [-0.39, 0.29) is 87.4 Å². The maximum atomic E-state index is 13.9. The van der Waals surface area contributed by atoms with Crippen molar-refractivity contribution in [2.45, 2.75) is 155 Å². The zero-order chi connectivity index (χ0) is 110. The lowest BCUT2D eigenvalue weighted by molar-refractivity contribution is -0.142. The molecule has 0 radical (unpaired) electrons. The number of aryl methyl sites for hydroxylation is 4. The predicted molar refractivity (Wildman–Crippen MR) is 490 cm³/mol. The topological polar surface area (TPSA) is 326 Å². The predicted octanol–water partition coefficient (Wildman–Crippen LogP) is 20.3. The summed E-state index contributed by atoms with van der Waals surface area (Å²) < 4.78 is 319. The number of hydrogen-bond donors (Lipinski definition) is 5. The molecule has 5 aliphatic rings. The van der Waals surface area contributed by atoms with E-state index in [1.807, 2.05) is 0 Å². The highest BCUT2D eigenvalue weighted by Gasteiger charge is 2.45. The van der Waals surface area contributed by atoms with Crippen LogP contribution in [0.25, 0.3) is 0 Å². The third-order valence-corrected chi connectivity index (χ3v) is 24.1. The molecule has 17 rings (SSSR count). The molecule has 0 unspecified atom stereocenters. The zero-order valence-electron chi connectivity index (χ0n) is 79.3. The van der Waals surface area contributed by atoms with Gasteiger partial charge < -0.3 is 60.0 Å². The van der Waals surface area contributed by atoms with Crippen molar-refractivity contribution in [3.63, 3.8) is 0 Å². The number of alkyl halides is 19. The first-order chi connectivity index (χ1) is 69.7. The minimum absolute atomic E-state index is 0.0138. The quantitative estimate of drug-likeness (QED) is 0.0205. The van der Waals surface area contributed by atoms with Crippen LogP contribution in [0.15, 0.2) is 140 Å². The highest BCUT2D eigenvalue weighted by molar-refractivity contribution is 9.08. The smallest absolute Gasteiger partial charge is 0.436 e. The van der Waals surface area contributed by atoms with Crippen LogP contribution in [0.4, 0.5) is 130 Å². The number of rotatable bonds is 20. The number of aromatic carboxylic acids is 2. The third kappa shape index (κ3) is 26.8. The molecule has 53 heteroatoms. The Bertz CT molecular complexity index is 7010. The molecule has 0 bridgehead atoms. The van der Waals surface area contributed by atoms with E-state index >= 15 is 0 Å². The SMILES string of the molecule is COC(=O)c1c(C(F)(F)F)nn2c1NCC2.COC(=O)c1c(C)nn2c1N(Cc1cc(F)cc(C(F)(F)F)c1)CC2.COC(=O)c1ccc([C@H](C)NC(=O)c2c(C)nn3c2N(Cc2cc(F)cc(C(F)(F)F)c2)CC3)cc1.Cc1nn2c(c1C(=O)N[C@@H](C)c1ccc(C(=O)O)cc1)N(Cc1cc(F)cc(C(F)(F)F)c1)CC2.Cc1nn2c(c1C(=O)O)N(Cc1cc(F)cc(C(F)(F)F)c1)CC2.Fc1cc(CBr)cc(C(F)(F)F)c1. The van der Waals surface area contributed by atoms with Gasteiger partial charge in [0.15, 0.2) is 5.69 Å². The molecule has 5 N–H and O–H groups in total. The standard InChI is InChI=1S/C25H24F4N4O3.C24H22F4N4O3.C16H15F4N3O2.C15H13F4N3O2.C8H5BrF4.C8H8F3N3O2/c1-14(17-4-6-18(7-5-17)24(35)36-3)30-22(34)21-15(2)31-33-9-8-32(23(21)33)13-16-10-19(25(27,28)29)12-20(26)11-16;1-13(16-3-5-17(6-4-16)23(34)35)29-21(33)20-14(2)30-32-8-7-31(22(20)32)12-15-9-18(24(26,27)28)11-19(25)10-15;1-9-13(15(24)25-2)14-22(3-4-23(14)21-9)8-10-5-11(16(18,19)20)7-12(17)6-10;1-8-12(14(23)24)13-21(2-3-22(13)20-8)7-9-4-10(15(17,18)19)6-11(16)5-9;9-4-5-1-6(8(11,12)13)3-7(10)2-5;1-16-7(15)4-5(8(9,10)11)13-14-3-2-12-6(4)14/h4-7,10-12,14H,8-9,13H2,1-3H3,(H,30,34);3-6,9-11,13H,7-8,12H2,1-2H3,(H,29,33)(H,34,35);5-7H,3-4,8H2,1-2H3;4-6H,2-3,7H2,1H3,(H,23,24);1-3H,4H2;12H,2-3H2,1H3/t14-;13-;;;;/m00..../s1. The number of ether oxygens (including phenoxy) is 3. The first-order valence-electron chi connectivity index (χ1n) is 44.3. The van der Waals surface area contributed by atoms with Crippen LogP contribution in [0.1, 0.15) is 194 Å². The van der Waals surface area contributed by atoms with Gasteiger partial charge in [-0.1, -0.05) is 40.2 Å². The van der Waals surface area contributed by atoms with E-state index in [1.54, 1.807) is 112 Å². The second-order valence-corrected chi connectivity index (χ2v) is 34.6. The number of esters is 3. The van der Waals surface area contributed by atoms with Crippen LogP contribution < -0.4 is 35.6 Å².